The number of halogens is 1. The van der Waals surface area contributed by atoms with Gasteiger partial charge >= 0.3 is 0 Å². The van der Waals surface area contributed by atoms with Gasteiger partial charge in [0.15, 0.2) is 15.5 Å². The fourth-order valence-electron chi connectivity index (χ4n) is 4.61. The van der Waals surface area contributed by atoms with Crippen LogP contribution in [0.3, 0.4) is 0 Å². The molecule has 0 aliphatic carbocycles. The first kappa shape index (κ1) is 23.8. The topological polar surface area (TPSA) is 104 Å². The van der Waals surface area contributed by atoms with Crippen LogP contribution < -0.4 is 5.32 Å². The fraction of sp³-hybridized carbons (Fsp3) is 0.375. The predicted octanol–water partition coefficient (Wildman–Crippen LogP) is 4.95. The molecule has 11 heteroatoms. The summed E-state index contributed by atoms with van der Waals surface area (Å²) in [6.07, 6.45) is 5.90. The van der Waals surface area contributed by atoms with E-state index in [2.05, 4.69) is 15.3 Å². The molecule has 4 aromatic rings. The number of aromatic nitrogens is 5. The molecule has 0 saturated carbocycles. The molecule has 0 amide bonds. The third-order valence-corrected chi connectivity index (χ3v) is 7.47. The van der Waals surface area contributed by atoms with E-state index in [-0.39, 0.29) is 16.3 Å². The van der Waals surface area contributed by atoms with Crippen molar-refractivity contribution < 1.29 is 13.2 Å². The summed E-state index contributed by atoms with van der Waals surface area (Å²) >= 11 is 6.40. The van der Waals surface area contributed by atoms with E-state index in [1.54, 1.807) is 18.2 Å². The Balaban J connectivity index is 1.61. The molecule has 0 radical (unpaired) electrons. The van der Waals surface area contributed by atoms with Gasteiger partial charge in [0.1, 0.15) is 28.5 Å². The molecule has 1 atom stereocenters. The second-order valence-electron chi connectivity index (χ2n) is 8.94. The maximum Gasteiger partial charge on any atom is 0.177 e. The van der Waals surface area contributed by atoms with Crippen LogP contribution >= 0.6 is 11.6 Å². The number of sulfone groups is 1. The van der Waals surface area contributed by atoms with Crippen LogP contribution in [0.1, 0.15) is 37.0 Å². The number of hydrogen-bond donors (Lipinski definition) is 1. The first-order valence-corrected chi connectivity index (χ1v) is 13.7. The lowest BCUT2D eigenvalue weighted by Gasteiger charge is -2.25. The molecular formula is C24H27ClN6O3S. The van der Waals surface area contributed by atoms with Crippen molar-refractivity contribution in [2.45, 2.75) is 44.2 Å². The largest absolute Gasteiger partial charge is 0.358 e. The number of benzene rings is 1. The van der Waals surface area contributed by atoms with Crippen LogP contribution in [0, 0.1) is 13.8 Å². The van der Waals surface area contributed by atoms with Crippen LogP contribution in [-0.4, -0.2) is 45.4 Å². The predicted molar refractivity (Wildman–Crippen MR) is 136 cm³/mol. The molecule has 1 unspecified atom stereocenters. The van der Waals surface area contributed by atoms with Crippen LogP contribution in [-0.2, 0) is 21.6 Å². The first-order chi connectivity index (χ1) is 16.6. The van der Waals surface area contributed by atoms with Gasteiger partial charge in [-0.3, -0.25) is 4.57 Å². The van der Waals surface area contributed by atoms with Gasteiger partial charge in [0.05, 0.1) is 22.0 Å². The summed E-state index contributed by atoms with van der Waals surface area (Å²) in [5.41, 5.74) is 3.76. The average molecular weight is 515 g/mol. The zero-order chi connectivity index (χ0) is 24.9. The number of rotatable bonds is 5. The highest BCUT2D eigenvalue weighted by Gasteiger charge is 2.24. The minimum Gasteiger partial charge on any atom is -0.358 e. The Hall–Kier alpha value is -2.95. The third-order valence-electron chi connectivity index (χ3n) is 6.14. The second kappa shape index (κ2) is 8.92. The van der Waals surface area contributed by atoms with E-state index in [4.69, 9.17) is 21.3 Å². The van der Waals surface area contributed by atoms with E-state index in [1.807, 2.05) is 42.3 Å². The quantitative estimate of drug-likeness (QED) is 0.376. The Kier molecular flexibility index (Phi) is 6.06. The molecule has 9 nitrogen and oxygen atoms in total. The van der Waals surface area contributed by atoms with Crippen molar-refractivity contribution in [2.24, 2.45) is 7.05 Å². The van der Waals surface area contributed by atoms with Gasteiger partial charge in [0.2, 0.25) is 0 Å². The number of nitrogens with zero attached hydrogens (tertiary/aromatic N) is 5. The van der Waals surface area contributed by atoms with Crippen molar-refractivity contribution in [2.75, 3.05) is 18.2 Å². The summed E-state index contributed by atoms with van der Waals surface area (Å²) in [5.74, 6) is 1.45. The van der Waals surface area contributed by atoms with Crippen LogP contribution in [0.5, 0.6) is 0 Å². The summed E-state index contributed by atoms with van der Waals surface area (Å²) in [6, 6.07) is 6.88. The van der Waals surface area contributed by atoms with Gasteiger partial charge in [-0.2, -0.15) is 0 Å². The molecule has 3 aromatic heterocycles. The van der Waals surface area contributed by atoms with Gasteiger partial charge in [-0.25, -0.2) is 23.4 Å². The molecule has 1 aliphatic rings. The Morgan fingerprint density at radius 3 is 2.57 bits per heavy atom. The lowest BCUT2D eigenvalue weighted by Crippen LogP contribution is -2.19. The van der Waals surface area contributed by atoms with Crippen molar-refractivity contribution in [1.82, 2.24) is 24.1 Å². The smallest absolute Gasteiger partial charge is 0.177 e. The van der Waals surface area contributed by atoms with Gasteiger partial charge in [0, 0.05) is 37.7 Å². The van der Waals surface area contributed by atoms with Crippen LogP contribution in [0.2, 0.25) is 5.15 Å². The van der Waals surface area contributed by atoms with Gasteiger partial charge in [-0.15, -0.1) is 0 Å². The molecule has 1 saturated heterocycles. The molecule has 4 heterocycles. The van der Waals surface area contributed by atoms with Crippen molar-refractivity contribution in [3.8, 4) is 11.4 Å². The van der Waals surface area contributed by atoms with Crippen LogP contribution in [0.15, 0.2) is 35.4 Å². The molecule has 0 bridgehead atoms. The van der Waals surface area contributed by atoms with Crippen molar-refractivity contribution in [3.63, 3.8) is 0 Å². The molecule has 35 heavy (non-hydrogen) atoms. The molecule has 5 rings (SSSR count). The third kappa shape index (κ3) is 4.53. The summed E-state index contributed by atoms with van der Waals surface area (Å²) in [6.45, 7) is 4.49. The van der Waals surface area contributed by atoms with E-state index < -0.39 is 9.84 Å². The zero-order valence-electron chi connectivity index (χ0n) is 20.0. The van der Waals surface area contributed by atoms with Gasteiger partial charge in [0.25, 0.3) is 0 Å². The number of ether oxygens (including phenoxy) is 1. The summed E-state index contributed by atoms with van der Waals surface area (Å²) in [7, 11) is -1.69. The maximum atomic E-state index is 12.8. The Morgan fingerprint density at radius 1 is 1.11 bits per heavy atom. The van der Waals surface area contributed by atoms with E-state index in [0.717, 1.165) is 30.8 Å². The van der Waals surface area contributed by atoms with E-state index in [9.17, 15) is 8.42 Å². The number of imidazole rings is 2. The maximum absolute atomic E-state index is 12.8. The van der Waals surface area contributed by atoms with Gasteiger partial charge < -0.3 is 14.6 Å². The number of nitrogens with one attached hydrogen (secondary N) is 1. The monoisotopic (exact) mass is 514 g/mol. The lowest BCUT2D eigenvalue weighted by molar-refractivity contribution is -0.0309. The fourth-order valence-corrected chi connectivity index (χ4v) is 5.66. The van der Waals surface area contributed by atoms with Crippen molar-refractivity contribution in [3.05, 3.63) is 47.1 Å². The number of aryl methyl sites for hydroxylation is 3. The standard InChI is InChI=1S/C24H27ClN6O3S/c1-14-13-30(3)23(26-14)16-8-9-17(19(11-16)35(4,32)33)28-18-12-20(25)29-24-22(18)27-15(2)31(24)21-7-5-6-10-34-21/h8-9,11-13,21H,5-7,10H2,1-4H3,(H,28,29). The summed E-state index contributed by atoms with van der Waals surface area (Å²) < 4.78 is 35.4. The first-order valence-electron chi connectivity index (χ1n) is 11.4. The number of hydrogen-bond acceptors (Lipinski definition) is 7. The highest BCUT2D eigenvalue weighted by atomic mass is 35.5. The Labute approximate surface area is 209 Å². The number of anilines is 2. The minimum atomic E-state index is -3.57. The van der Waals surface area contributed by atoms with Crippen LogP contribution in [0.25, 0.3) is 22.6 Å². The van der Waals surface area contributed by atoms with E-state index >= 15 is 0 Å². The second-order valence-corrected chi connectivity index (χ2v) is 11.3. The van der Waals surface area contributed by atoms with E-state index in [0.29, 0.717) is 40.5 Å². The normalized spacial score (nSPS) is 16.7. The average Bonchev–Trinajstić information content (AvgIpc) is 3.31. The molecule has 0 spiro atoms. The SMILES string of the molecule is Cc1cn(C)c(-c2ccc(Nc3cc(Cl)nc4c3nc(C)n4C3CCCCO3)c(S(C)(=O)=O)c2)n1. The lowest BCUT2D eigenvalue weighted by atomic mass is 10.2. The van der Waals surface area contributed by atoms with Crippen molar-refractivity contribution in [1.29, 1.82) is 0 Å². The molecular weight excluding hydrogens is 488 g/mol. The summed E-state index contributed by atoms with van der Waals surface area (Å²) in [4.78, 5) is 13.9. The summed E-state index contributed by atoms with van der Waals surface area (Å²) in [5, 5.41) is 3.53. The van der Waals surface area contributed by atoms with Crippen LogP contribution in [0.4, 0.5) is 11.4 Å². The molecule has 1 aromatic carbocycles. The highest BCUT2D eigenvalue weighted by Crippen LogP contribution is 2.35. The Bertz CT molecular complexity index is 1540. The van der Waals surface area contributed by atoms with Gasteiger partial charge in [-0.1, -0.05) is 11.6 Å². The molecule has 1 N–H and O–H groups in total. The number of pyridine rings is 1. The molecule has 1 fully saturated rings. The minimum absolute atomic E-state index is 0.153. The Morgan fingerprint density at radius 2 is 1.91 bits per heavy atom. The van der Waals surface area contributed by atoms with Gasteiger partial charge in [-0.05, 0) is 51.3 Å². The molecule has 184 valence electrons. The molecule has 1 aliphatic heterocycles. The zero-order valence-corrected chi connectivity index (χ0v) is 21.6. The van der Waals surface area contributed by atoms with Crippen molar-refractivity contribution >= 4 is 44.0 Å². The highest BCUT2D eigenvalue weighted by molar-refractivity contribution is 7.90. The number of fused-ring (bicyclic) bond motifs is 1. The van der Waals surface area contributed by atoms with E-state index in [1.165, 1.54) is 6.26 Å².